The fourth-order valence-corrected chi connectivity index (χ4v) is 2.06. The van der Waals surface area contributed by atoms with E-state index in [2.05, 4.69) is 15.9 Å². The van der Waals surface area contributed by atoms with E-state index in [0.29, 0.717) is 11.3 Å². The first-order valence-electron chi connectivity index (χ1n) is 6.91. The van der Waals surface area contributed by atoms with Crippen LogP contribution < -0.4 is 9.84 Å². The summed E-state index contributed by atoms with van der Waals surface area (Å²) in [5.74, 6) is -1.06. The van der Waals surface area contributed by atoms with Crippen molar-refractivity contribution in [3.8, 4) is 5.75 Å². The number of ether oxygens (including phenoxy) is 1. The summed E-state index contributed by atoms with van der Waals surface area (Å²) in [7, 11) is 0. The Bertz CT molecular complexity index is 718. The predicted molar refractivity (Wildman–Crippen MR) is 89.0 cm³/mol. The summed E-state index contributed by atoms with van der Waals surface area (Å²) >= 11 is 3.35. The fourth-order valence-electron chi connectivity index (χ4n) is 1.79. The van der Waals surface area contributed by atoms with Gasteiger partial charge in [-0.3, -0.25) is 4.79 Å². The van der Waals surface area contributed by atoms with Gasteiger partial charge in [-0.1, -0.05) is 34.1 Å². The summed E-state index contributed by atoms with van der Waals surface area (Å²) in [4.78, 5) is 22.7. The highest BCUT2D eigenvalue weighted by Crippen LogP contribution is 2.15. The van der Waals surface area contributed by atoms with Crippen molar-refractivity contribution in [2.75, 3.05) is 0 Å². The van der Waals surface area contributed by atoms with E-state index in [4.69, 9.17) is 4.74 Å². The van der Waals surface area contributed by atoms with Gasteiger partial charge in [0.15, 0.2) is 5.78 Å². The van der Waals surface area contributed by atoms with Crippen LogP contribution >= 0.6 is 15.9 Å². The lowest BCUT2D eigenvalue weighted by molar-refractivity contribution is -0.312. The number of benzene rings is 2. The maximum Gasteiger partial charge on any atom is 0.185 e. The van der Waals surface area contributed by atoms with Gasteiger partial charge in [-0.05, 0) is 55.0 Å². The lowest BCUT2D eigenvalue weighted by Gasteiger charge is -2.15. The van der Waals surface area contributed by atoms with Crippen LogP contribution in [0.25, 0.3) is 6.08 Å². The molecule has 0 spiro atoms. The van der Waals surface area contributed by atoms with Gasteiger partial charge < -0.3 is 14.6 Å². The van der Waals surface area contributed by atoms with E-state index in [1.807, 2.05) is 24.3 Å². The highest BCUT2D eigenvalue weighted by atomic mass is 79.9. The van der Waals surface area contributed by atoms with Gasteiger partial charge in [0, 0.05) is 10.0 Å². The second-order valence-electron chi connectivity index (χ2n) is 4.85. The van der Waals surface area contributed by atoms with Crippen molar-refractivity contribution in [1.82, 2.24) is 0 Å². The third-order valence-corrected chi connectivity index (χ3v) is 3.61. The summed E-state index contributed by atoms with van der Waals surface area (Å²) in [6.45, 7) is 1.38. The largest absolute Gasteiger partial charge is 0.546 e. The Hall–Kier alpha value is -2.40. The molecule has 23 heavy (non-hydrogen) atoms. The third-order valence-electron chi connectivity index (χ3n) is 3.08. The van der Waals surface area contributed by atoms with Crippen molar-refractivity contribution in [1.29, 1.82) is 0 Å². The number of carbonyl (C=O) groups is 2. The van der Waals surface area contributed by atoms with Gasteiger partial charge in [-0.25, -0.2) is 0 Å². The maximum atomic E-state index is 12.1. The topological polar surface area (TPSA) is 66.4 Å². The highest BCUT2D eigenvalue weighted by Gasteiger charge is 2.06. The van der Waals surface area contributed by atoms with Crippen molar-refractivity contribution in [2.24, 2.45) is 0 Å². The molecule has 2 aromatic carbocycles. The number of allylic oxidation sites excluding steroid dienone is 1. The van der Waals surface area contributed by atoms with Gasteiger partial charge in [0.1, 0.15) is 11.9 Å². The minimum atomic E-state index is -1.29. The fraction of sp³-hybridized carbons (Fsp3) is 0.111. The first-order valence-corrected chi connectivity index (χ1v) is 7.70. The molecule has 0 aliphatic heterocycles. The number of aliphatic carboxylic acids is 1. The summed E-state index contributed by atoms with van der Waals surface area (Å²) in [6.07, 6.45) is 2.18. The van der Waals surface area contributed by atoms with Crippen LogP contribution in [-0.4, -0.2) is 17.9 Å². The number of carboxylic acid groups (broad SMARTS) is 1. The lowest BCUT2D eigenvalue weighted by Crippen LogP contribution is -2.37. The van der Waals surface area contributed by atoms with Gasteiger partial charge in [-0.2, -0.15) is 0 Å². The van der Waals surface area contributed by atoms with Crippen LogP contribution in [0.15, 0.2) is 59.1 Å². The van der Waals surface area contributed by atoms with E-state index in [0.717, 1.165) is 10.0 Å². The monoisotopic (exact) mass is 373 g/mol. The Morgan fingerprint density at radius 2 is 1.70 bits per heavy atom. The molecule has 0 radical (unpaired) electrons. The number of carboxylic acids is 1. The molecule has 5 heteroatoms. The number of halogens is 1. The van der Waals surface area contributed by atoms with Gasteiger partial charge in [-0.15, -0.1) is 0 Å². The normalized spacial score (nSPS) is 12.1. The number of hydrogen-bond donors (Lipinski definition) is 0. The minimum Gasteiger partial charge on any atom is -0.546 e. The average molecular weight is 374 g/mol. The molecule has 2 rings (SSSR count). The molecule has 118 valence electrons. The molecule has 0 unspecified atom stereocenters. The SMILES string of the molecule is C[C@H](Oc1ccc(C(=O)/C=C/c2ccc(Br)cc2)cc1)C(=O)[O-]. The molecule has 0 aliphatic carbocycles. The van der Waals surface area contributed by atoms with E-state index in [1.54, 1.807) is 30.3 Å². The smallest absolute Gasteiger partial charge is 0.185 e. The molecular weight excluding hydrogens is 360 g/mol. The predicted octanol–water partition coefficient (Wildman–Crippen LogP) is 2.86. The molecule has 2 aromatic rings. The molecule has 1 atom stereocenters. The second-order valence-corrected chi connectivity index (χ2v) is 5.77. The van der Waals surface area contributed by atoms with Crippen molar-refractivity contribution in [2.45, 2.75) is 13.0 Å². The standard InChI is InChI=1S/C18H15BrO4/c1-12(18(21)22)23-16-9-5-14(6-10-16)17(20)11-4-13-2-7-15(19)8-3-13/h2-12H,1H3,(H,21,22)/p-1/b11-4+/t12-/m0/s1. The van der Waals surface area contributed by atoms with Crippen molar-refractivity contribution < 1.29 is 19.4 Å². The van der Waals surface area contributed by atoms with Crippen molar-refractivity contribution in [3.05, 3.63) is 70.2 Å². The molecule has 0 bridgehead atoms. The third kappa shape index (κ3) is 5.07. The van der Waals surface area contributed by atoms with Gasteiger partial charge in [0.2, 0.25) is 0 Å². The van der Waals surface area contributed by atoms with E-state index < -0.39 is 12.1 Å². The van der Waals surface area contributed by atoms with Crippen LogP contribution in [0.2, 0.25) is 0 Å². The van der Waals surface area contributed by atoms with Crippen LogP contribution in [0.1, 0.15) is 22.8 Å². The van der Waals surface area contributed by atoms with Crippen LogP contribution in [0.4, 0.5) is 0 Å². The molecule has 0 heterocycles. The van der Waals surface area contributed by atoms with Crippen LogP contribution in [0.5, 0.6) is 5.75 Å². The number of carbonyl (C=O) groups excluding carboxylic acids is 2. The molecule has 0 saturated heterocycles. The Labute approximate surface area is 142 Å². The first-order chi connectivity index (χ1) is 11.0. The van der Waals surface area contributed by atoms with E-state index >= 15 is 0 Å². The zero-order valence-corrected chi connectivity index (χ0v) is 13.9. The van der Waals surface area contributed by atoms with Gasteiger partial charge in [0.25, 0.3) is 0 Å². The van der Waals surface area contributed by atoms with E-state index in [9.17, 15) is 14.7 Å². The molecule has 0 amide bonds. The maximum absolute atomic E-state index is 12.1. The average Bonchev–Trinajstić information content (AvgIpc) is 2.54. The van der Waals surface area contributed by atoms with Crippen LogP contribution in [0, 0.1) is 0 Å². The number of ketones is 1. The molecular formula is C18H14BrO4-. The summed E-state index contributed by atoms with van der Waals surface area (Å²) in [5.41, 5.74) is 1.41. The number of rotatable bonds is 6. The molecule has 0 saturated carbocycles. The van der Waals surface area contributed by atoms with Crippen molar-refractivity contribution >= 4 is 33.8 Å². The highest BCUT2D eigenvalue weighted by molar-refractivity contribution is 9.10. The lowest BCUT2D eigenvalue weighted by atomic mass is 10.1. The Morgan fingerprint density at radius 1 is 1.09 bits per heavy atom. The Morgan fingerprint density at radius 3 is 2.26 bits per heavy atom. The minimum absolute atomic E-state index is 0.146. The zero-order valence-electron chi connectivity index (χ0n) is 12.4. The van der Waals surface area contributed by atoms with E-state index in [-0.39, 0.29) is 5.78 Å². The van der Waals surface area contributed by atoms with Crippen LogP contribution in [0.3, 0.4) is 0 Å². The van der Waals surface area contributed by atoms with Crippen LogP contribution in [-0.2, 0) is 4.79 Å². The summed E-state index contributed by atoms with van der Waals surface area (Å²) < 4.78 is 6.13. The second kappa shape index (κ2) is 7.74. The summed E-state index contributed by atoms with van der Waals surface area (Å²) in [5, 5.41) is 10.6. The Balaban J connectivity index is 2.02. The zero-order chi connectivity index (χ0) is 16.8. The Kier molecular flexibility index (Phi) is 5.71. The quantitative estimate of drug-likeness (QED) is 0.576. The molecule has 0 N–H and O–H groups in total. The van der Waals surface area contributed by atoms with Crippen molar-refractivity contribution in [3.63, 3.8) is 0 Å². The summed E-state index contributed by atoms with van der Waals surface area (Å²) in [6, 6.07) is 13.9. The number of hydrogen-bond acceptors (Lipinski definition) is 4. The molecule has 0 aromatic heterocycles. The first kappa shape index (κ1) is 17.0. The molecule has 0 aliphatic rings. The van der Waals surface area contributed by atoms with Gasteiger partial charge >= 0.3 is 0 Å². The van der Waals surface area contributed by atoms with E-state index in [1.165, 1.54) is 13.0 Å². The molecule has 0 fully saturated rings. The van der Waals surface area contributed by atoms with Gasteiger partial charge in [0.05, 0.1) is 5.97 Å². The molecule has 4 nitrogen and oxygen atoms in total.